The van der Waals surface area contributed by atoms with Crippen molar-refractivity contribution in [2.24, 2.45) is 7.05 Å². The Labute approximate surface area is 123 Å². The number of nitrogens with one attached hydrogen (secondary N) is 1. The van der Waals surface area contributed by atoms with Crippen LogP contribution in [0.15, 0.2) is 24.4 Å². The van der Waals surface area contributed by atoms with Crippen molar-refractivity contribution in [2.75, 3.05) is 25.1 Å². The lowest BCUT2D eigenvalue weighted by Gasteiger charge is -2.01. The van der Waals surface area contributed by atoms with Crippen LogP contribution in [0.4, 0.5) is 5.69 Å². The Hall–Kier alpha value is -1.60. The summed E-state index contributed by atoms with van der Waals surface area (Å²) in [5.41, 5.74) is 1.66. The second-order valence-electron chi connectivity index (χ2n) is 4.84. The van der Waals surface area contributed by atoms with E-state index in [4.69, 9.17) is 0 Å². The van der Waals surface area contributed by atoms with E-state index in [-0.39, 0.29) is 0 Å². The molecule has 0 amide bonds. The molecule has 0 bridgehead atoms. The van der Waals surface area contributed by atoms with Crippen LogP contribution in [-0.2, 0) is 17.1 Å². The molecule has 1 heterocycles. The molecule has 0 fully saturated rings. The van der Waals surface area contributed by atoms with Crippen LogP contribution in [0.5, 0.6) is 0 Å². The second-order valence-corrected chi connectivity index (χ2v) is 7.65. The summed E-state index contributed by atoms with van der Waals surface area (Å²) in [4.78, 5) is 1.97. The molecular formula is C13H18N3O2S2+. The molecule has 108 valence electrons. The Morgan fingerprint density at radius 2 is 2.05 bits per heavy atom. The highest BCUT2D eigenvalue weighted by atomic mass is 32.2. The zero-order chi connectivity index (χ0) is 14.9. The average Bonchev–Trinajstić information content (AvgIpc) is 2.61. The largest absolute Gasteiger partial charge is 0.383 e. The van der Waals surface area contributed by atoms with Crippen LogP contribution < -0.4 is 9.29 Å². The van der Waals surface area contributed by atoms with Gasteiger partial charge in [-0.15, -0.1) is 0 Å². The first-order valence-corrected chi connectivity index (χ1v) is 8.72. The fourth-order valence-corrected chi connectivity index (χ4v) is 3.45. The number of nitrogens with zero attached hydrogens (tertiary/aromatic N) is 2. The van der Waals surface area contributed by atoms with Crippen LogP contribution >= 0.6 is 11.3 Å². The summed E-state index contributed by atoms with van der Waals surface area (Å²) < 4.78 is 28.1. The normalized spacial score (nSPS) is 12.2. The summed E-state index contributed by atoms with van der Waals surface area (Å²) in [6.45, 7) is 0. The van der Waals surface area contributed by atoms with Crippen molar-refractivity contribution >= 4 is 43.3 Å². The average molecular weight is 312 g/mol. The molecule has 0 saturated carbocycles. The molecule has 0 atom stereocenters. The Balaban J connectivity index is 2.44. The van der Waals surface area contributed by atoms with E-state index >= 15 is 0 Å². The Kier molecular flexibility index (Phi) is 4.01. The van der Waals surface area contributed by atoms with Gasteiger partial charge in [0, 0.05) is 32.4 Å². The quantitative estimate of drug-likeness (QED) is 0.873. The lowest BCUT2D eigenvalue weighted by Crippen LogP contribution is -2.29. The molecule has 0 unspecified atom stereocenters. The van der Waals surface area contributed by atoms with Gasteiger partial charge in [0.15, 0.2) is 0 Å². The first-order valence-electron chi connectivity index (χ1n) is 6.01. The molecular weight excluding hydrogens is 294 g/mol. The molecule has 1 aromatic heterocycles. The molecule has 0 aliphatic carbocycles. The minimum atomic E-state index is -3.24. The maximum Gasteiger partial charge on any atom is 0.263 e. The third-order valence-corrected chi connectivity index (χ3v) is 4.46. The van der Waals surface area contributed by atoms with Crippen LogP contribution in [0.1, 0.15) is 5.01 Å². The minimum Gasteiger partial charge on any atom is -0.383 e. The van der Waals surface area contributed by atoms with Gasteiger partial charge < -0.3 is 4.90 Å². The van der Waals surface area contributed by atoms with Gasteiger partial charge in [-0.25, -0.2) is 8.42 Å². The van der Waals surface area contributed by atoms with E-state index < -0.39 is 10.0 Å². The van der Waals surface area contributed by atoms with Crippen LogP contribution in [0.25, 0.3) is 16.3 Å². The van der Waals surface area contributed by atoms with Crippen molar-refractivity contribution in [1.29, 1.82) is 0 Å². The van der Waals surface area contributed by atoms with Crippen LogP contribution in [-0.4, -0.2) is 33.7 Å². The van der Waals surface area contributed by atoms with E-state index in [2.05, 4.69) is 9.29 Å². The lowest BCUT2D eigenvalue weighted by molar-refractivity contribution is -0.642. The maximum absolute atomic E-state index is 11.3. The van der Waals surface area contributed by atoms with E-state index in [0.717, 1.165) is 21.5 Å². The standard InChI is InChI=1S/C13H18N3O2S2/c1-15(2)8-7-13-16(3)11-6-5-10(9-12(11)19-13)14-20(4,17)18/h5-9,14H,1-4H3/q+1. The molecule has 0 aliphatic heterocycles. The van der Waals surface area contributed by atoms with Crippen molar-refractivity contribution in [2.45, 2.75) is 0 Å². The SMILES string of the molecule is CN(C)/C=C/c1sc2cc(NS(C)(=O)=O)ccc2[n+]1C. The van der Waals surface area contributed by atoms with Gasteiger partial charge in [-0.1, -0.05) is 11.3 Å². The van der Waals surface area contributed by atoms with Gasteiger partial charge in [-0.05, 0) is 12.1 Å². The monoisotopic (exact) mass is 312 g/mol. The number of rotatable bonds is 4. The third kappa shape index (κ3) is 3.49. The number of hydrogen-bond donors (Lipinski definition) is 1. The van der Waals surface area contributed by atoms with Crippen molar-refractivity contribution in [3.63, 3.8) is 0 Å². The van der Waals surface area contributed by atoms with Gasteiger partial charge in [-0.3, -0.25) is 4.72 Å². The van der Waals surface area contributed by atoms with Crippen molar-refractivity contribution in [1.82, 2.24) is 4.90 Å². The summed E-state index contributed by atoms with van der Waals surface area (Å²) in [5.74, 6) is 0. The smallest absolute Gasteiger partial charge is 0.263 e. The van der Waals surface area contributed by atoms with Gasteiger partial charge in [0.05, 0.1) is 11.9 Å². The zero-order valence-corrected chi connectivity index (χ0v) is 13.5. The molecule has 1 N–H and O–H groups in total. The van der Waals surface area contributed by atoms with Crippen LogP contribution in [0.2, 0.25) is 0 Å². The predicted molar refractivity (Wildman–Crippen MR) is 84.2 cm³/mol. The summed E-state index contributed by atoms with van der Waals surface area (Å²) in [6, 6.07) is 5.55. The summed E-state index contributed by atoms with van der Waals surface area (Å²) in [5, 5.41) is 1.10. The molecule has 0 saturated heterocycles. The first-order chi connectivity index (χ1) is 9.26. The van der Waals surface area contributed by atoms with E-state index in [0.29, 0.717) is 5.69 Å². The highest BCUT2D eigenvalue weighted by Crippen LogP contribution is 2.24. The topological polar surface area (TPSA) is 53.3 Å². The van der Waals surface area contributed by atoms with Crippen molar-refractivity contribution in [3.8, 4) is 0 Å². The van der Waals surface area contributed by atoms with Crippen molar-refractivity contribution < 1.29 is 13.0 Å². The fraction of sp³-hybridized carbons (Fsp3) is 0.308. The third-order valence-electron chi connectivity index (χ3n) is 2.68. The van der Waals surface area contributed by atoms with E-state index in [1.54, 1.807) is 17.4 Å². The number of fused-ring (bicyclic) bond motifs is 1. The Bertz CT molecular complexity index is 761. The molecule has 5 nitrogen and oxygen atoms in total. The highest BCUT2D eigenvalue weighted by Gasteiger charge is 2.15. The van der Waals surface area contributed by atoms with Crippen molar-refractivity contribution in [3.05, 3.63) is 29.4 Å². The summed E-state index contributed by atoms with van der Waals surface area (Å²) in [6.07, 6.45) is 5.17. The van der Waals surface area contributed by atoms with Gasteiger partial charge in [-0.2, -0.15) is 4.57 Å². The number of hydrogen-bond acceptors (Lipinski definition) is 4. The van der Waals surface area contributed by atoms with Gasteiger partial charge in [0.25, 0.3) is 5.01 Å². The zero-order valence-electron chi connectivity index (χ0n) is 11.9. The molecule has 7 heteroatoms. The maximum atomic E-state index is 11.3. The predicted octanol–water partition coefficient (Wildman–Crippen LogP) is 1.63. The van der Waals surface area contributed by atoms with E-state index in [1.807, 2.05) is 50.5 Å². The number of anilines is 1. The van der Waals surface area contributed by atoms with Gasteiger partial charge in [0.2, 0.25) is 15.5 Å². The molecule has 0 radical (unpaired) electrons. The van der Waals surface area contributed by atoms with Gasteiger partial charge >= 0.3 is 0 Å². The van der Waals surface area contributed by atoms with Crippen LogP contribution in [0.3, 0.4) is 0 Å². The Morgan fingerprint density at radius 3 is 2.65 bits per heavy atom. The molecule has 1 aromatic carbocycles. The summed E-state index contributed by atoms with van der Waals surface area (Å²) in [7, 11) is 2.69. The van der Waals surface area contributed by atoms with Gasteiger partial charge in [0.1, 0.15) is 11.7 Å². The highest BCUT2D eigenvalue weighted by molar-refractivity contribution is 7.92. The number of aryl methyl sites for hydroxylation is 1. The minimum absolute atomic E-state index is 0.588. The number of sulfonamides is 1. The number of aromatic nitrogens is 1. The Morgan fingerprint density at radius 1 is 1.35 bits per heavy atom. The molecule has 0 aliphatic rings. The first kappa shape index (κ1) is 14.8. The molecule has 2 rings (SSSR count). The number of thiazole rings is 1. The lowest BCUT2D eigenvalue weighted by atomic mass is 10.3. The van der Waals surface area contributed by atoms with E-state index in [1.165, 1.54) is 0 Å². The summed E-state index contributed by atoms with van der Waals surface area (Å²) >= 11 is 1.62. The molecule has 2 aromatic rings. The molecule has 20 heavy (non-hydrogen) atoms. The van der Waals surface area contributed by atoms with Crippen LogP contribution in [0, 0.1) is 0 Å². The fourth-order valence-electron chi connectivity index (χ4n) is 1.81. The molecule has 0 spiro atoms. The second kappa shape index (κ2) is 5.41. The number of benzene rings is 1. The van der Waals surface area contributed by atoms with E-state index in [9.17, 15) is 8.42 Å².